The van der Waals surface area contributed by atoms with Gasteiger partial charge in [0.15, 0.2) is 11.6 Å². The fraction of sp³-hybridized carbons (Fsp3) is 0.417. The van der Waals surface area contributed by atoms with Gasteiger partial charge in [-0.3, -0.25) is 0 Å². The number of pyridine rings is 1. The fourth-order valence-corrected chi connectivity index (χ4v) is 1.41. The Morgan fingerprint density at radius 2 is 2.38 bits per heavy atom. The maximum absolute atomic E-state index is 14.0. The highest BCUT2D eigenvalue weighted by Crippen LogP contribution is 2.18. The molecule has 0 aromatic carbocycles. The minimum atomic E-state index is -0.257. The molecule has 0 amide bonds. The van der Waals surface area contributed by atoms with Crippen molar-refractivity contribution in [1.29, 1.82) is 0 Å². The second kappa shape index (κ2) is 6.23. The third kappa shape index (κ3) is 3.03. The Kier molecular flexibility index (Phi) is 4.92. The van der Waals surface area contributed by atoms with Crippen LogP contribution in [0.4, 0.5) is 10.2 Å². The average molecular weight is 223 g/mol. The van der Waals surface area contributed by atoms with Crippen LogP contribution in [0.3, 0.4) is 0 Å². The molecule has 0 spiro atoms. The van der Waals surface area contributed by atoms with Crippen LogP contribution in [0.1, 0.15) is 12.5 Å². The number of nitrogens with one attached hydrogen (secondary N) is 1. The van der Waals surface area contributed by atoms with Crippen LogP contribution in [0.25, 0.3) is 0 Å². The van der Waals surface area contributed by atoms with Crippen molar-refractivity contribution in [2.45, 2.75) is 13.5 Å². The summed E-state index contributed by atoms with van der Waals surface area (Å²) in [5.41, 5.74) is 0.641. The van der Waals surface area contributed by atoms with Gasteiger partial charge in [0.2, 0.25) is 0 Å². The second-order valence-electron chi connectivity index (χ2n) is 3.56. The van der Waals surface area contributed by atoms with Gasteiger partial charge >= 0.3 is 0 Å². The van der Waals surface area contributed by atoms with E-state index in [1.807, 2.05) is 6.92 Å². The minimum absolute atomic E-state index is 0.257. The highest BCUT2D eigenvalue weighted by atomic mass is 19.1. The molecule has 0 saturated carbocycles. The van der Waals surface area contributed by atoms with E-state index in [-0.39, 0.29) is 5.82 Å². The molecule has 0 aliphatic carbocycles. The van der Waals surface area contributed by atoms with Crippen LogP contribution in [-0.4, -0.2) is 25.1 Å². The average Bonchev–Trinajstić information content (AvgIpc) is 2.28. The zero-order valence-corrected chi connectivity index (χ0v) is 9.83. The van der Waals surface area contributed by atoms with Crippen molar-refractivity contribution in [3.63, 3.8) is 0 Å². The molecule has 0 atom stereocenters. The number of rotatable bonds is 6. The van der Waals surface area contributed by atoms with Crippen molar-refractivity contribution in [3.8, 4) is 0 Å². The summed E-state index contributed by atoms with van der Waals surface area (Å²) in [7, 11) is 1.80. The van der Waals surface area contributed by atoms with Crippen LogP contribution in [0.2, 0.25) is 0 Å². The van der Waals surface area contributed by atoms with E-state index in [9.17, 15) is 4.39 Å². The lowest BCUT2D eigenvalue weighted by Gasteiger charge is -2.17. The van der Waals surface area contributed by atoms with Crippen molar-refractivity contribution in [2.24, 2.45) is 0 Å². The molecule has 3 nitrogen and oxygen atoms in total. The van der Waals surface area contributed by atoms with Gasteiger partial charge in [0.25, 0.3) is 0 Å². The van der Waals surface area contributed by atoms with Gasteiger partial charge in [-0.05, 0) is 12.6 Å². The van der Waals surface area contributed by atoms with E-state index in [1.54, 1.807) is 30.3 Å². The van der Waals surface area contributed by atoms with Gasteiger partial charge in [-0.15, -0.1) is 6.58 Å². The maximum Gasteiger partial charge on any atom is 0.170 e. The Balaban J connectivity index is 2.89. The summed E-state index contributed by atoms with van der Waals surface area (Å²) < 4.78 is 14.0. The molecule has 0 aliphatic rings. The first-order valence-electron chi connectivity index (χ1n) is 5.36. The van der Waals surface area contributed by atoms with Gasteiger partial charge in [0.1, 0.15) is 0 Å². The van der Waals surface area contributed by atoms with Crippen molar-refractivity contribution in [2.75, 3.05) is 25.0 Å². The van der Waals surface area contributed by atoms with Crippen LogP contribution in [0.5, 0.6) is 0 Å². The van der Waals surface area contributed by atoms with E-state index in [2.05, 4.69) is 16.9 Å². The predicted molar refractivity (Wildman–Crippen MR) is 65.0 cm³/mol. The largest absolute Gasteiger partial charge is 0.354 e. The minimum Gasteiger partial charge on any atom is -0.354 e. The standard InChI is InChI=1S/C12H18FN3/c1-4-8-16(3)12-11(13)10(6-7-15-12)9-14-5-2/h4,6-7,14H,1,5,8-9H2,2-3H3. The van der Waals surface area contributed by atoms with Gasteiger partial charge in [0, 0.05) is 31.9 Å². The predicted octanol–water partition coefficient (Wildman–Crippen LogP) is 1.95. The third-order valence-corrected chi connectivity index (χ3v) is 2.28. The lowest BCUT2D eigenvalue weighted by molar-refractivity contribution is 0.585. The molecule has 0 fully saturated rings. The summed E-state index contributed by atoms with van der Waals surface area (Å²) in [5.74, 6) is 0.114. The quantitative estimate of drug-likeness (QED) is 0.747. The monoisotopic (exact) mass is 223 g/mol. The molecule has 88 valence electrons. The Morgan fingerprint density at radius 3 is 3.00 bits per heavy atom. The summed E-state index contributed by atoms with van der Waals surface area (Å²) in [5, 5.41) is 3.10. The van der Waals surface area contributed by atoms with Crippen LogP contribution >= 0.6 is 0 Å². The van der Waals surface area contributed by atoms with E-state index in [4.69, 9.17) is 0 Å². The molecule has 0 saturated heterocycles. The van der Waals surface area contributed by atoms with E-state index in [0.717, 1.165) is 6.54 Å². The van der Waals surface area contributed by atoms with E-state index < -0.39 is 0 Å². The molecular formula is C12H18FN3. The Hall–Kier alpha value is -1.42. The highest BCUT2D eigenvalue weighted by Gasteiger charge is 2.11. The first-order valence-corrected chi connectivity index (χ1v) is 5.36. The van der Waals surface area contributed by atoms with Crippen LogP contribution in [-0.2, 0) is 6.54 Å². The van der Waals surface area contributed by atoms with Crippen molar-refractivity contribution >= 4 is 5.82 Å². The summed E-state index contributed by atoms with van der Waals surface area (Å²) in [6, 6.07) is 1.70. The topological polar surface area (TPSA) is 28.2 Å². The molecule has 1 rings (SSSR count). The Bertz CT molecular complexity index is 352. The molecule has 1 N–H and O–H groups in total. The summed E-state index contributed by atoms with van der Waals surface area (Å²) in [6.07, 6.45) is 3.35. The van der Waals surface area contributed by atoms with Gasteiger partial charge in [-0.1, -0.05) is 13.0 Å². The number of anilines is 1. The molecular weight excluding hydrogens is 205 g/mol. The van der Waals surface area contributed by atoms with Gasteiger partial charge in [0.05, 0.1) is 0 Å². The number of hydrogen-bond acceptors (Lipinski definition) is 3. The second-order valence-corrected chi connectivity index (χ2v) is 3.56. The Morgan fingerprint density at radius 1 is 1.62 bits per heavy atom. The molecule has 16 heavy (non-hydrogen) atoms. The molecule has 0 aliphatic heterocycles. The first-order chi connectivity index (χ1) is 7.70. The lowest BCUT2D eigenvalue weighted by Crippen LogP contribution is -2.21. The smallest absolute Gasteiger partial charge is 0.170 e. The molecule has 1 aromatic rings. The molecule has 1 heterocycles. The van der Waals surface area contributed by atoms with Crippen LogP contribution in [0, 0.1) is 5.82 Å². The normalized spacial score (nSPS) is 10.2. The fourth-order valence-electron chi connectivity index (χ4n) is 1.41. The Labute approximate surface area is 96.0 Å². The summed E-state index contributed by atoms with van der Waals surface area (Å²) in [4.78, 5) is 5.77. The number of halogens is 1. The summed E-state index contributed by atoms with van der Waals surface area (Å²) >= 11 is 0. The van der Waals surface area contributed by atoms with Crippen molar-refractivity contribution in [1.82, 2.24) is 10.3 Å². The van der Waals surface area contributed by atoms with Crippen LogP contribution < -0.4 is 10.2 Å². The molecule has 1 aromatic heterocycles. The number of nitrogens with zero attached hydrogens (tertiary/aromatic N) is 2. The number of hydrogen-bond donors (Lipinski definition) is 1. The lowest BCUT2D eigenvalue weighted by atomic mass is 10.2. The SMILES string of the molecule is C=CCN(C)c1nccc(CNCC)c1F. The van der Waals surface area contributed by atoms with E-state index >= 15 is 0 Å². The number of likely N-dealkylation sites (N-methyl/N-ethyl adjacent to an activating group) is 1. The zero-order chi connectivity index (χ0) is 12.0. The van der Waals surface area contributed by atoms with Crippen molar-refractivity contribution < 1.29 is 4.39 Å². The molecule has 0 radical (unpaired) electrons. The first kappa shape index (κ1) is 12.6. The molecule has 4 heteroatoms. The van der Waals surface area contributed by atoms with E-state index in [1.165, 1.54) is 0 Å². The van der Waals surface area contributed by atoms with Gasteiger partial charge < -0.3 is 10.2 Å². The molecule has 0 bridgehead atoms. The van der Waals surface area contributed by atoms with Gasteiger partial charge in [-0.2, -0.15) is 0 Å². The highest BCUT2D eigenvalue weighted by molar-refractivity contribution is 5.42. The van der Waals surface area contributed by atoms with E-state index in [0.29, 0.717) is 24.5 Å². The third-order valence-electron chi connectivity index (χ3n) is 2.28. The number of aromatic nitrogens is 1. The van der Waals surface area contributed by atoms with Crippen molar-refractivity contribution in [3.05, 3.63) is 36.3 Å². The van der Waals surface area contributed by atoms with Crippen LogP contribution in [0.15, 0.2) is 24.9 Å². The molecule has 0 unspecified atom stereocenters. The zero-order valence-electron chi connectivity index (χ0n) is 9.83. The summed E-state index contributed by atoms with van der Waals surface area (Å²) in [6.45, 7) is 7.54. The van der Waals surface area contributed by atoms with Gasteiger partial charge in [-0.25, -0.2) is 9.37 Å². The maximum atomic E-state index is 14.0.